The third kappa shape index (κ3) is 5.44. The van der Waals surface area contributed by atoms with Crippen molar-refractivity contribution < 1.29 is 19.1 Å². The number of thiophene rings is 1. The number of amides is 2. The minimum absolute atomic E-state index is 0.00124. The van der Waals surface area contributed by atoms with Crippen LogP contribution in [0.2, 0.25) is 5.02 Å². The van der Waals surface area contributed by atoms with Gasteiger partial charge in [-0.25, -0.2) is 4.79 Å². The average Bonchev–Trinajstić information content (AvgIpc) is 3.35. The molecule has 2 amide bonds. The van der Waals surface area contributed by atoms with Crippen molar-refractivity contribution in [3.63, 3.8) is 0 Å². The number of likely N-dealkylation sites (N-methyl/N-ethyl adjacent to an activating group) is 1. The number of hydrogen-bond donors (Lipinski definition) is 1. The van der Waals surface area contributed by atoms with Crippen LogP contribution < -0.4 is 5.32 Å². The van der Waals surface area contributed by atoms with E-state index in [9.17, 15) is 14.4 Å². The summed E-state index contributed by atoms with van der Waals surface area (Å²) in [4.78, 5) is 41.3. The van der Waals surface area contributed by atoms with Gasteiger partial charge < -0.3 is 15.0 Å². The van der Waals surface area contributed by atoms with Gasteiger partial charge in [0.25, 0.3) is 0 Å². The molecule has 1 aliphatic rings. The van der Waals surface area contributed by atoms with Gasteiger partial charge in [0.05, 0.1) is 19.2 Å². The smallest absolute Gasteiger partial charge is 0.341 e. The van der Waals surface area contributed by atoms with E-state index in [0.29, 0.717) is 27.7 Å². The fourth-order valence-electron chi connectivity index (χ4n) is 3.64. The van der Waals surface area contributed by atoms with Crippen LogP contribution in [0, 0.1) is 0 Å². The molecule has 1 fully saturated rings. The van der Waals surface area contributed by atoms with Crippen molar-refractivity contribution in [1.29, 1.82) is 0 Å². The van der Waals surface area contributed by atoms with E-state index in [4.69, 9.17) is 16.3 Å². The number of rotatable bonds is 7. The molecule has 0 bridgehead atoms. The van der Waals surface area contributed by atoms with E-state index in [1.54, 1.807) is 38.1 Å². The highest BCUT2D eigenvalue weighted by Crippen LogP contribution is 2.36. The molecule has 0 radical (unpaired) electrons. The normalized spacial score (nSPS) is 16.2. The molecule has 7 nitrogen and oxygen atoms in total. The Balaban J connectivity index is 1.80. The van der Waals surface area contributed by atoms with Gasteiger partial charge in [-0.3, -0.25) is 14.5 Å². The number of benzene rings is 1. The highest BCUT2D eigenvalue weighted by molar-refractivity contribution is 7.15. The lowest BCUT2D eigenvalue weighted by molar-refractivity contribution is -0.133. The summed E-state index contributed by atoms with van der Waals surface area (Å²) < 4.78 is 5.23. The van der Waals surface area contributed by atoms with Crippen LogP contribution in [0.3, 0.4) is 0 Å². The van der Waals surface area contributed by atoms with Crippen LogP contribution in [0.15, 0.2) is 29.6 Å². The Morgan fingerprint density at radius 1 is 1.26 bits per heavy atom. The van der Waals surface area contributed by atoms with E-state index in [1.165, 1.54) is 11.3 Å². The van der Waals surface area contributed by atoms with Gasteiger partial charge in [0.1, 0.15) is 10.6 Å². The van der Waals surface area contributed by atoms with Crippen molar-refractivity contribution in [2.45, 2.75) is 25.8 Å². The molecule has 1 aromatic heterocycles. The molecule has 0 spiro atoms. The molecule has 0 aliphatic carbocycles. The van der Waals surface area contributed by atoms with Gasteiger partial charge in [0.2, 0.25) is 11.8 Å². The molecule has 2 heterocycles. The van der Waals surface area contributed by atoms with Gasteiger partial charge in [0, 0.05) is 30.1 Å². The van der Waals surface area contributed by atoms with E-state index >= 15 is 0 Å². The third-order valence-electron chi connectivity index (χ3n) is 5.11. The van der Waals surface area contributed by atoms with Crippen molar-refractivity contribution in [1.82, 2.24) is 9.80 Å². The fourth-order valence-corrected chi connectivity index (χ4v) is 4.74. The van der Waals surface area contributed by atoms with Crippen molar-refractivity contribution >= 4 is 45.7 Å². The number of anilines is 1. The Bertz CT molecular complexity index is 958. The SMILES string of the molecule is CCOC(=O)c1c(-c2ccc(Cl)cc2)csc1NC(=O)CN1CCC[C@H]1C(=O)N(C)C. The van der Waals surface area contributed by atoms with Crippen LogP contribution in [-0.2, 0) is 14.3 Å². The number of nitrogens with zero attached hydrogens (tertiary/aromatic N) is 2. The van der Waals surface area contributed by atoms with E-state index in [0.717, 1.165) is 18.4 Å². The zero-order chi connectivity index (χ0) is 22.5. The summed E-state index contributed by atoms with van der Waals surface area (Å²) in [7, 11) is 3.43. The number of ether oxygens (including phenoxy) is 1. The van der Waals surface area contributed by atoms with E-state index in [-0.39, 0.29) is 31.0 Å². The quantitative estimate of drug-likeness (QED) is 0.633. The maximum atomic E-state index is 12.8. The highest BCUT2D eigenvalue weighted by Gasteiger charge is 2.33. The predicted octanol–water partition coefficient (Wildman–Crippen LogP) is 3.74. The first-order valence-corrected chi connectivity index (χ1v) is 11.4. The second kappa shape index (κ2) is 10.3. The fraction of sp³-hybridized carbons (Fsp3) is 0.409. The standard InChI is InChI=1S/C22H26ClN3O4S/c1-4-30-22(29)19-16(14-7-9-15(23)10-8-14)13-31-20(19)24-18(27)12-26-11-5-6-17(26)21(28)25(2)3/h7-10,13,17H,4-6,11-12H2,1-3H3,(H,24,27)/t17-/m0/s1. The van der Waals surface area contributed by atoms with Crippen LogP contribution >= 0.6 is 22.9 Å². The molecule has 1 aliphatic heterocycles. The largest absolute Gasteiger partial charge is 0.462 e. The summed E-state index contributed by atoms with van der Waals surface area (Å²) in [5.74, 6) is -0.766. The van der Waals surface area contributed by atoms with Crippen molar-refractivity contribution in [2.24, 2.45) is 0 Å². The Morgan fingerprint density at radius 3 is 2.61 bits per heavy atom. The third-order valence-corrected chi connectivity index (χ3v) is 6.26. The first kappa shape index (κ1) is 23.2. The topological polar surface area (TPSA) is 79.0 Å². The maximum absolute atomic E-state index is 12.8. The van der Waals surface area contributed by atoms with E-state index < -0.39 is 5.97 Å². The summed E-state index contributed by atoms with van der Waals surface area (Å²) in [6, 6.07) is 6.84. The number of esters is 1. The van der Waals surface area contributed by atoms with Crippen LogP contribution in [0.4, 0.5) is 5.00 Å². The van der Waals surface area contributed by atoms with Gasteiger partial charge in [-0.2, -0.15) is 0 Å². The second-order valence-corrected chi connectivity index (χ2v) is 8.81. The maximum Gasteiger partial charge on any atom is 0.341 e. The molecule has 1 atom stereocenters. The molecule has 2 aromatic rings. The number of nitrogens with one attached hydrogen (secondary N) is 1. The molecular weight excluding hydrogens is 438 g/mol. The zero-order valence-electron chi connectivity index (χ0n) is 17.8. The predicted molar refractivity (Wildman–Crippen MR) is 123 cm³/mol. The Hall–Kier alpha value is -2.42. The number of likely N-dealkylation sites (tertiary alicyclic amines) is 1. The number of hydrogen-bond acceptors (Lipinski definition) is 6. The highest BCUT2D eigenvalue weighted by atomic mass is 35.5. The first-order chi connectivity index (χ1) is 14.8. The van der Waals surface area contributed by atoms with Crippen LogP contribution in [0.25, 0.3) is 11.1 Å². The zero-order valence-corrected chi connectivity index (χ0v) is 19.4. The first-order valence-electron chi connectivity index (χ1n) is 10.1. The van der Waals surface area contributed by atoms with Gasteiger partial charge >= 0.3 is 5.97 Å². The lowest BCUT2D eigenvalue weighted by Crippen LogP contribution is -2.45. The monoisotopic (exact) mass is 463 g/mol. The molecule has 3 rings (SSSR count). The lowest BCUT2D eigenvalue weighted by atomic mass is 10.0. The Labute approximate surface area is 190 Å². The minimum Gasteiger partial charge on any atom is -0.462 e. The molecule has 9 heteroatoms. The molecule has 0 saturated carbocycles. The summed E-state index contributed by atoms with van der Waals surface area (Å²) >= 11 is 7.25. The van der Waals surface area contributed by atoms with E-state index in [1.807, 2.05) is 22.4 Å². The molecule has 1 N–H and O–H groups in total. The van der Waals surface area contributed by atoms with E-state index in [2.05, 4.69) is 5.32 Å². The molecule has 31 heavy (non-hydrogen) atoms. The number of carbonyl (C=O) groups is 3. The van der Waals surface area contributed by atoms with Gasteiger partial charge in [-0.05, 0) is 44.0 Å². The van der Waals surface area contributed by atoms with Crippen LogP contribution in [-0.4, -0.2) is 67.4 Å². The number of halogens is 1. The minimum atomic E-state index is -0.495. The Kier molecular flexibility index (Phi) is 7.69. The van der Waals surface area contributed by atoms with Crippen molar-refractivity contribution in [3.05, 3.63) is 40.2 Å². The van der Waals surface area contributed by atoms with Crippen LogP contribution in [0.1, 0.15) is 30.1 Å². The molecular formula is C22H26ClN3O4S. The number of carbonyl (C=O) groups excluding carboxylic acids is 3. The van der Waals surface area contributed by atoms with Gasteiger partial charge in [-0.15, -0.1) is 11.3 Å². The summed E-state index contributed by atoms with van der Waals surface area (Å²) in [5, 5.41) is 5.70. The summed E-state index contributed by atoms with van der Waals surface area (Å²) in [5.41, 5.74) is 1.81. The molecule has 166 valence electrons. The lowest BCUT2D eigenvalue weighted by Gasteiger charge is -2.25. The van der Waals surface area contributed by atoms with Gasteiger partial charge in [-0.1, -0.05) is 23.7 Å². The molecule has 0 unspecified atom stereocenters. The molecule has 1 saturated heterocycles. The summed E-state index contributed by atoms with van der Waals surface area (Å²) in [6.07, 6.45) is 1.60. The Morgan fingerprint density at radius 2 is 1.97 bits per heavy atom. The molecule has 1 aromatic carbocycles. The second-order valence-electron chi connectivity index (χ2n) is 7.49. The van der Waals surface area contributed by atoms with Gasteiger partial charge in [0.15, 0.2) is 0 Å². The van der Waals surface area contributed by atoms with Crippen molar-refractivity contribution in [2.75, 3.05) is 39.1 Å². The van der Waals surface area contributed by atoms with Crippen LogP contribution in [0.5, 0.6) is 0 Å². The average molecular weight is 464 g/mol. The van der Waals surface area contributed by atoms with Crippen molar-refractivity contribution in [3.8, 4) is 11.1 Å². The summed E-state index contributed by atoms with van der Waals surface area (Å²) in [6.45, 7) is 2.73.